The first-order chi connectivity index (χ1) is 8.56. The molecule has 1 aliphatic heterocycles. The van der Waals surface area contributed by atoms with E-state index in [0.29, 0.717) is 23.2 Å². The number of rotatable bonds is 3. The van der Waals surface area contributed by atoms with Gasteiger partial charge >= 0.3 is 0 Å². The van der Waals surface area contributed by atoms with Crippen LogP contribution < -0.4 is 10.5 Å². The smallest absolute Gasteiger partial charge is 0.160 e. The molecule has 1 aromatic carbocycles. The van der Waals surface area contributed by atoms with Gasteiger partial charge in [-0.2, -0.15) is 0 Å². The van der Waals surface area contributed by atoms with Crippen molar-refractivity contribution in [1.29, 1.82) is 0 Å². The molecule has 0 spiro atoms. The molecule has 0 amide bonds. The topological polar surface area (TPSA) is 58.7 Å². The zero-order valence-corrected chi connectivity index (χ0v) is 11.4. The van der Waals surface area contributed by atoms with E-state index >= 15 is 0 Å². The highest BCUT2D eigenvalue weighted by Crippen LogP contribution is 2.41. The van der Waals surface area contributed by atoms with E-state index < -0.39 is 0 Å². The predicted molar refractivity (Wildman–Crippen MR) is 72.2 cm³/mol. The first-order valence-electron chi connectivity index (χ1n) is 6.03. The monoisotopic (exact) mass is 270 g/mol. The molecule has 1 fully saturated rings. The predicted octanol–water partition coefficient (Wildman–Crippen LogP) is 2.01. The van der Waals surface area contributed by atoms with Crippen LogP contribution in [0, 0.1) is 5.92 Å². The second-order valence-electron chi connectivity index (χ2n) is 4.84. The van der Waals surface area contributed by atoms with Crippen LogP contribution in [0.15, 0.2) is 12.1 Å². The summed E-state index contributed by atoms with van der Waals surface area (Å²) in [6.07, 6.45) is 0.987. The van der Waals surface area contributed by atoms with Crippen molar-refractivity contribution >= 4 is 11.6 Å². The summed E-state index contributed by atoms with van der Waals surface area (Å²) < 4.78 is 5.14. The average molecular weight is 271 g/mol. The number of nitrogens with two attached hydrogens (primary N) is 1. The molecule has 1 aliphatic rings. The van der Waals surface area contributed by atoms with Gasteiger partial charge in [0.15, 0.2) is 11.5 Å². The summed E-state index contributed by atoms with van der Waals surface area (Å²) in [6, 6.07) is 3.59. The number of hydrogen-bond donors (Lipinski definition) is 2. The second-order valence-corrected chi connectivity index (χ2v) is 5.25. The van der Waals surface area contributed by atoms with Crippen molar-refractivity contribution in [3.8, 4) is 11.5 Å². The van der Waals surface area contributed by atoms with Gasteiger partial charge in [-0.1, -0.05) is 11.6 Å². The molecule has 100 valence electrons. The molecule has 18 heavy (non-hydrogen) atoms. The third-order valence-electron chi connectivity index (χ3n) is 3.63. The maximum Gasteiger partial charge on any atom is 0.160 e. The van der Waals surface area contributed by atoms with Gasteiger partial charge in [-0.05, 0) is 37.6 Å². The molecule has 2 rings (SSSR count). The number of likely N-dealkylation sites (tertiary alicyclic amines) is 1. The zero-order chi connectivity index (χ0) is 13.3. The summed E-state index contributed by atoms with van der Waals surface area (Å²) >= 11 is 6.22. The van der Waals surface area contributed by atoms with Gasteiger partial charge in [0.05, 0.1) is 7.11 Å². The number of methoxy groups -OCH3 is 1. The van der Waals surface area contributed by atoms with E-state index in [9.17, 15) is 5.11 Å². The highest BCUT2D eigenvalue weighted by molar-refractivity contribution is 6.31. The molecule has 1 saturated heterocycles. The lowest BCUT2D eigenvalue weighted by molar-refractivity contribution is 0.311. The maximum atomic E-state index is 9.68. The number of phenols is 1. The van der Waals surface area contributed by atoms with Crippen LogP contribution in [0.25, 0.3) is 0 Å². The molecule has 0 aromatic heterocycles. The maximum absolute atomic E-state index is 9.68. The van der Waals surface area contributed by atoms with Gasteiger partial charge < -0.3 is 15.6 Å². The van der Waals surface area contributed by atoms with Gasteiger partial charge in [0.2, 0.25) is 0 Å². The fraction of sp³-hybridized carbons (Fsp3) is 0.538. The first-order valence-corrected chi connectivity index (χ1v) is 6.41. The van der Waals surface area contributed by atoms with E-state index in [-0.39, 0.29) is 11.8 Å². The van der Waals surface area contributed by atoms with Crippen molar-refractivity contribution in [2.45, 2.75) is 12.5 Å². The van der Waals surface area contributed by atoms with Crippen molar-refractivity contribution in [2.75, 3.05) is 27.2 Å². The standard InChI is InChI=1S/C13H19ClN2O2/c1-16-7-8(6-15)3-11(16)9-4-13(18-2)12(17)5-10(9)14/h4-5,8,11,17H,3,6-7,15H2,1-2H3. The largest absolute Gasteiger partial charge is 0.504 e. The van der Waals surface area contributed by atoms with Crippen LogP contribution in [-0.2, 0) is 0 Å². The molecular formula is C13H19ClN2O2. The van der Waals surface area contributed by atoms with E-state index in [1.807, 2.05) is 6.07 Å². The Kier molecular flexibility index (Phi) is 4.00. The normalized spacial score (nSPS) is 24.4. The zero-order valence-electron chi connectivity index (χ0n) is 10.7. The summed E-state index contributed by atoms with van der Waals surface area (Å²) in [4.78, 5) is 2.25. The summed E-state index contributed by atoms with van der Waals surface area (Å²) in [5.74, 6) is 1.03. The number of aromatic hydroxyl groups is 1. The van der Waals surface area contributed by atoms with E-state index in [1.165, 1.54) is 7.11 Å². The van der Waals surface area contributed by atoms with E-state index in [4.69, 9.17) is 22.1 Å². The molecule has 0 saturated carbocycles. The van der Waals surface area contributed by atoms with Gasteiger partial charge in [-0.15, -0.1) is 0 Å². The van der Waals surface area contributed by atoms with Crippen LogP contribution in [0.1, 0.15) is 18.0 Å². The molecule has 2 unspecified atom stereocenters. The first kappa shape index (κ1) is 13.5. The number of hydrogen-bond acceptors (Lipinski definition) is 4. The molecule has 2 atom stereocenters. The lowest BCUT2D eigenvalue weighted by Crippen LogP contribution is -2.20. The van der Waals surface area contributed by atoms with Crippen LogP contribution in [0.4, 0.5) is 0 Å². The summed E-state index contributed by atoms with van der Waals surface area (Å²) in [6.45, 7) is 1.66. The number of ether oxygens (including phenoxy) is 1. The molecule has 4 nitrogen and oxygen atoms in total. The minimum atomic E-state index is 0.0716. The second kappa shape index (κ2) is 5.34. The minimum Gasteiger partial charge on any atom is -0.504 e. The SMILES string of the molecule is COc1cc(C2CC(CN)CN2C)c(Cl)cc1O. The van der Waals surface area contributed by atoms with Crippen molar-refractivity contribution in [2.24, 2.45) is 11.7 Å². The Morgan fingerprint density at radius 2 is 2.28 bits per heavy atom. The van der Waals surface area contributed by atoms with Gasteiger partial charge in [0.25, 0.3) is 0 Å². The van der Waals surface area contributed by atoms with Crippen LogP contribution in [0.3, 0.4) is 0 Å². The van der Waals surface area contributed by atoms with Gasteiger partial charge in [0.1, 0.15) is 0 Å². The Morgan fingerprint density at radius 3 is 2.83 bits per heavy atom. The number of nitrogens with zero attached hydrogens (tertiary/aromatic N) is 1. The minimum absolute atomic E-state index is 0.0716. The molecule has 1 aromatic rings. The molecule has 0 aliphatic carbocycles. The van der Waals surface area contributed by atoms with E-state index in [0.717, 1.165) is 18.5 Å². The quantitative estimate of drug-likeness (QED) is 0.882. The van der Waals surface area contributed by atoms with Crippen LogP contribution in [0.2, 0.25) is 5.02 Å². The Balaban J connectivity index is 2.33. The highest BCUT2D eigenvalue weighted by atomic mass is 35.5. The molecule has 5 heteroatoms. The van der Waals surface area contributed by atoms with Crippen molar-refractivity contribution in [3.63, 3.8) is 0 Å². The highest BCUT2D eigenvalue weighted by Gasteiger charge is 2.31. The molecule has 3 N–H and O–H groups in total. The number of halogens is 1. The van der Waals surface area contributed by atoms with Gasteiger partial charge in [0, 0.05) is 23.7 Å². The third kappa shape index (κ3) is 2.41. The average Bonchev–Trinajstić information content (AvgIpc) is 2.71. The van der Waals surface area contributed by atoms with Crippen molar-refractivity contribution < 1.29 is 9.84 Å². The number of phenolic OH excluding ortho intramolecular Hbond substituents is 1. The number of benzene rings is 1. The van der Waals surface area contributed by atoms with Crippen LogP contribution >= 0.6 is 11.6 Å². The molecule has 0 radical (unpaired) electrons. The molecular weight excluding hydrogens is 252 g/mol. The lowest BCUT2D eigenvalue weighted by Gasteiger charge is -2.21. The summed E-state index contributed by atoms with van der Waals surface area (Å²) in [5, 5.41) is 10.3. The Bertz CT molecular complexity index is 439. The Labute approximate surface area is 112 Å². The van der Waals surface area contributed by atoms with Crippen LogP contribution in [0.5, 0.6) is 11.5 Å². The van der Waals surface area contributed by atoms with Crippen LogP contribution in [-0.4, -0.2) is 37.3 Å². The fourth-order valence-electron chi connectivity index (χ4n) is 2.62. The summed E-state index contributed by atoms with van der Waals surface area (Å²) in [7, 11) is 3.60. The Morgan fingerprint density at radius 1 is 1.56 bits per heavy atom. The molecule has 1 heterocycles. The Hall–Kier alpha value is -0.970. The molecule has 0 bridgehead atoms. The van der Waals surface area contributed by atoms with E-state index in [1.54, 1.807) is 6.07 Å². The van der Waals surface area contributed by atoms with Gasteiger partial charge in [-0.3, -0.25) is 4.90 Å². The van der Waals surface area contributed by atoms with E-state index in [2.05, 4.69) is 11.9 Å². The van der Waals surface area contributed by atoms with Crippen molar-refractivity contribution in [3.05, 3.63) is 22.7 Å². The fourth-order valence-corrected chi connectivity index (χ4v) is 2.90. The third-order valence-corrected chi connectivity index (χ3v) is 3.95. The lowest BCUT2D eigenvalue weighted by atomic mass is 9.99. The van der Waals surface area contributed by atoms with Crippen molar-refractivity contribution in [1.82, 2.24) is 4.90 Å². The van der Waals surface area contributed by atoms with Gasteiger partial charge in [-0.25, -0.2) is 0 Å². The summed E-state index contributed by atoms with van der Waals surface area (Å²) in [5.41, 5.74) is 6.72.